The second-order valence-electron chi connectivity index (χ2n) is 3.26. The molecule has 4 nitrogen and oxygen atoms in total. The second-order valence-corrected chi connectivity index (χ2v) is 4.11. The zero-order chi connectivity index (χ0) is 12.1. The van der Waals surface area contributed by atoms with Gasteiger partial charge in [-0.05, 0) is 41.1 Å². The number of hydrogen-bond acceptors (Lipinski definition) is 3. The van der Waals surface area contributed by atoms with E-state index in [-0.39, 0.29) is 12.5 Å². The van der Waals surface area contributed by atoms with Gasteiger partial charge in [0.25, 0.3) is 0 Å². The fraction of sp³-hybridized carbons (Fsp3) is 0.273. The molecule has 1 aromatic carbocycles. The van der Waals surface area contributed by atoms with Crippen molar-refractivity contribution in [1.82, 2.24) is 0 Å². The first-order chi connectivity index (χ1) is 7.58. The average molecular weight is 282 g/mol. The highest BCUT2D eigenvalue weighted by Crippen LogP contribution is 2.23. The van der Waals surface area contributed by atoms with Gasteiger partial charge in [0.1, 0.15) is 6.07 Å². The van der Waals surface area contributed by atoms with E-state index in [2.05, 4.69) is 22.0 Å². The minimum absolute atomic E-state index is 0.175. The first-order valence-corrected chi connectivity index (χ1v) is 5.60. The molecule has 0 atom stereocenters. The Balaban J connectivity index is 2.99. The van der Waals surface area contributed by atoms with Crippen LogP contribution in [0, 0.1) is 11.3 Å². The first kappa shape index (κ1) is 12.5. The Bertz CT molecular complexity index is 439. The van der Waals surface area contributed by atoms with Crippen LogP contribution in [0.1, 0.15) is 12.5 Å². The molecule has 5 heteroatoms. The van der Waals surface area contributed by atoms with E-state index >= 15 is 0 Å². The molecule has 0 spiro atoms. The van der Waals surface area contributed by atoms with Crippen LogP contribution in [0.3, 0.4) is 0 Å². The lowest BCUT2D eigenvalue weighted by molar-refractivity contribution is -0.116. The molecule has 84 valence electrons. The fourth-order valence-electron chi connectivity index (χ4n) is 1.37. The summed E-state index contributed by atoms with van der Waals surface area (Å²) < 4.78 is 0.718. The lowest BCUT2D eigenvalue weighted by atomic mass is 10.2. The zero-order valence-corrected chi connectivity index (χ0v) is 10.5. The van der Waals surface area contributed by atoms with Crippen molar-refractivity contribution in [2.45, 2.75) is 6.92 Å². The van der Waals surface area contributed by atoms with Crippen LogP contribution in [0.2, 0.25) is 0 Å². The molecule has 0 aliphatic carbocycles. The quantitative estimate of drug-likeness (QED) is 0.912. The van der Waals surface area contributed by atoms with E-state index < -0.39 is 0 Å². The summed E-state index contributed by atoms with van der Waals surface area (Å²) >= 11 is 3.31. The molecular weight excluding hydrogens is 270 g/mol. The maximum absolute atomic E-state index is 10.9. The summed E-state index contributed by atoms with van der Waals surface area (Å²) in [5, 5.41) is 8.78. The van der Waals surface area contributed by atoms with E-state index in [0.29, 0.717) is 12.1 Å². The van der Waals surface area contributed by atoms with Crippen LogP contribution in [0.25, 0.3) is 0 Å². The molecule has 0 bridgehead atoms. The normalized spacial score (nSPS) is 9.56. The van der Waals surface area contributed by atoms with Gasteiger partial charge >= 0.3 is 0 Å². The first-order valence-electron chi connectivity index (χ1n) is 4.81. The van der Waals surface area contributed by atoms with Crippen molar-refractivity contribution in [2.75, 3.05) is 18.0 Å². The van der Waals surface area contributed by atoms with Crippen molar-refractivity contribution in [1.29, 1.82) is 5.26 Å². The SMILES string of the molecule is CCN(CC(N)=O)c1ccc(C#N)c(Br)c1. The number of primary amides is 1. The van der Waals surface area contributed by atoms with Gasteiger partial charge in [-0.2, -0.15) is 5.26 Å². The van der Waals surface area contributed by atoms with Gasteiger partial charge in [-0.15, -0.1) is 0 Å². The van der Waals surface area contributed by atoms with Gasteiger partial charge in [-0.25, -0.2) is 0 Å². The number of amides is 1. The van der Waals surface area contributed by atoms with Gasteiger partial charge in [-0.3, -0.25) is 4.79 Å². The number of nitrogens with two attached hydrogens (primary N) is 1. The molecule has 0 fully saturated rings. The number of hydrogen-bond donors (Lipinski definition) is 1. The summed E-state index contributed by atoms with van der Waals surface area (Å²) in [4.78, 5) is 12.7. The van der Waals surface area contributed by atoms with Crippen molar-refractivity contribution < 1.29 is 4.79 Å². The fourth-order valence-corrected chi connectivity index (χ4v) is 1.82. The third kappa shape index (κ3) is 2.97. The molecule has 0 aliphatic rings. The number of benzene rings is 1. The second kappa shape index (κ2) is 5.52. The van der Waals surface area contributed by atoms with Crippen molar-refractivity contribution in [3.05, 3.63) is 28.2 Å². The Morgan fingerprint density at radius 2 is 2.31 bits per heavy atom. The van der Waals surface area contributed by atoms with Crippen LogP contribution >= 0.6 is 15.9 Å². The van der Waals surface area contributed by atoms with Crippen LogP contribution in [-0.2, 0) is 4.79 Å². The van der Waals surface area contributed by atoms with Crippen molar-refractivity contribution in [3.63, 3.8) is 0 Å². The molecule has 2 N–H and O–H groups in total. The van der Waals surface area contributed by atoms with E-state index in [1.165, 1.54) is 0 Å². The molecule has 0 heterocycles. The Hall–Kier alpha value is -1.54. The highest BCUT2D eigenvalue weighted by molar-refractivity contribution is 9.10. The third-order valence-electron chi connectivity index (χ3n) is 2.17. The average Bonchev–Trinajstić information content (AvgIpc) is 2.25. The topological polar surface area (TPSA) is 70.1 Å². The Morgan fingerprint density at radius 3 is 2.75 bits per heavy atom. The van der Waals surface area contributed by atoms with E-state index in [1.807, 2.05) is 17.9 Å². The Labute approximate surface area is 103 Å². The summed E-state index contributed by atoms with van der Waals surface area (Å²) in [6.07, 6.45) is 0. The van der Waals surface area contributed by atoms with Gasteiger partial charge in [0.2, 0.25) is 5.91 Å². The van der Waals surface area contributed by atoms with E-state index in [0.717, 1.165) is 10.2 Å². The lowest BCUT2D eigenvalue weighted by Gasteiger charge is -2.21. The summed E-state index contributed by atoms with van der Waals surface area (Å²) in [6, 6.07) is 7.39. The zero-order valence-electron chi connectivity index (χ0n) is 8.90. The minimum atomic E-state index is -0.373. The smallest absolute Gasteiger partial charge is 0.236 e. The Kier molecular flexibility index (Phi) is 4.32. The van der Waals surface area contributed by atoms with E-state index in [9.17, 15) is 4.79 Å². The molecular formula is C11H12BrN3O. The summed E-state index contributed by atoms with van der Waals surface area (Å²) in [5.74, 6) is -0.373. The van der Waals surface area contributed by atoms with Gasteiger partial charge in [-0.1, -0.05) is 0 Å². The molecule has 1 amide bonds. The van der Waals surface area contributed by atoms with Crippen molar-refractivity contribution in [2.24, 2.45) is 5.73 Å². The molecule has 1 rings (SSSR count). The Morgan fingerprint density at radius 1 is 1.62 bits per heavy atom. The largest absolute Gasteiger partial charge is 0.368 e. The van der Waals surface area contributed by atoms with E-state index in [1.54, 1.807) is 12.1 Å². The molecule has 16 heavy (non-hydrogen) atoms. The van der Waals surface area contributed by atoms with Crippen LogP contribution in [-0.4, -0.2) is 19.0 Å². The molecule has 0 saturated carbocycles. The van der Waals surface area contributed by atoms with Crippen molar-refractivity contribution in [3.8, 4) is 6.07 Å². The van der Waals surface area contributed by atoms with Crippen LogP contribution in [0.4, 0.5) is 5.69 Å². The maximum atomic E-state index is 10.9. The summed E-state index contributed by atoms with van der Waals surface area (Å²) in [5.41, 5.74) is 6.59. The predicted octanol–water partition coefficient (Wildman–Crippen LogP) is 1.63. The number of likely N-dealkylation sites (N-methyl/N-ethyl adjacent to an activating group) is 1. The number of nitriles is 1. The highest BCUT2D eigenvalue weighted by atomic mass is 79.9. The van der Waals surface area contributed by atoms with Crippen LogP contribution < -0.4 is 10.6 Å². The third-order valence-corrected chi connectivity index (χ3v) is 2.82. The maximum Gasteiger partial charge on any atom is 0.236 e. The van der Waals surface area contributed by atoms with E-state index in [4.69, 9.17) is 11.0 Å². The number of rotatable bonds is 4. The molecule has 1 aromatic rings. The monoisotopic (exact) mass is 281 g/mol. The summed E-state index contributed by atoms with van der Waals surface area (Å²) in [7, 11) is 0. The predicted molar refractivity (Wildman–Crippen MR) is 65.9 cm³/mol. The molecule has 0 unspecified atom stereocenters. The van der Waals surface area contributed by atoms with Gasteiger partial charge in [0.05, 0.1) is 12.1 Å². The number of carbonyl (C=O) groups is 1. The highest BCUT2D eigenvalue weighted by Gasteiger charge is 2.09. The standard InChI is InChI=1S/C11H12BrN3O/c1-2-15(7-11(14)16)9-4-3-8(6-13)10(12)5-9/h3-5H,2,7H2,1H3,(H2,14,16). The van der Waals surface area contributed by atoms with Gasteiger partial charge in [0, 0.05) is 16.7 Å². The number of carbonyl (C=O) groups excluding carboxylic acids is 1. The lowest BCUT2D eigenvalue weighted by Crippen LogP contribution is -2.33. The van der Waals surface area contributed by atoms with Crippen LogP contribution in [0.15, 0.2) is 22.7 Å². The molecule has 0 aliphatic heterocycles. The number of nitrogens with zero attached hydrogens (tertiary/aromatic N) is 2. The van der Waals surface area contributed by atoms with Gasteiger partial charge < -0.3 is 10.6 Å². The van der Waals surface area contributed by atoms with Crippen molar-refractivity contribution >= 4 is 27.5 Å². The number of halogens is 1. The molecule has 0 radical (unpaired) electrons. The number of anilines is 1. The summed E-state index contributed by atoms with van der Waals surface area (Å²) in [6.45, 7) is 2.80. The molecule has 0 aromatic heterocycles. The van der Waals surface area contributed by atoms with Crippen LogP contribution in [0.5, 0.6) is 0 Å². The molecule has 0 saturated heterocycles. The minimum Gasteiger partial charge on any atom is -0.368 e. The van der Waals surface area contributed by atoms with Gasteiger partial charge in [0.15, 0.2) is 0 Å².